The van der Waals surface area contributed by atoms with E-state index in [-0.39, 0.29) is 12.5 Å². The first-order valence-corrected chi connectivity index (χ1v) is 9.09. The molecule has 0 fully saturated rings. The van der Waals surface area contributed by atoms with Gasteiger partial charge in [-0.25, -0.2) is 9.37 Å². The molecule has 3 rings (SSSR count). The van der Waals surface area contributed by atoms with Crippen molar-refractivity contribution < 1.29 is 18.3 Å². The molecule has 0 aliphatic rings. The highest BCUT2D eigenvalue weighted by Gasteiger charge is 2.22. The minimum atomic E-state index is -1.48. The minimum absolute atomic E-state index is 0.0706. The number of alkyl halides is 1. The van der Waals surface area contributed by atoms with Crippen LogP contribution in [-0.4, -0.2) is 23.1 Å². The molecule has 0 radical (unpaired) electrons. The van der Waals surface area contributed by atoms with E-state index < -0.39 is 5.67 Å². The fourth-order valence-corrected chi connectivity index (χ4v) is 3.28. The smallest absolute Gasteiger partial charge is 0.255 e. The van der Waals surface area contributed by atoms with Crippen LogP contribution in [0.25, 0.3) is 11.0 Å². The van der Waals surface area contributed by atoms with Crippen molar-refractivity contribution >= 4 is 28.2 Å². The molecule has 5 nitrogen and oxygen atoms in total. The Kier molecular flexibility index (Phi) is 5.00. The molecule has 138 valence electrons. The van der Waals surface area contributed by atoms with Crippen molar-refractivity contribution in [2.75, 3.05) is 6.54 Å². The van der Waals surface area contributed by atoms with Crippen molar-refractivity contribution in [2.45, 2.75) is 40.0 Å². The molecule has 7 heteroatoms. The average molecular weight is 376 g/mol. The maximum absolute atomic E-state index is 13.7. The van der Waals surface area contributed by atoms with Gasteiger partial charge < -0.3 is 14.5 Å². The van der Waals surface area contributed by atoms with E-state index in [0.29, 0.717) is 34.6 Å². The maximum Gasteiger partial charge on any atom is 0.255 e. The molecule has 1 aromatic carbocycles. The first-order valence-electron chi connectivity index (χ1n) is 8.27. The molecule has 26 heavy (non-hydrogen) atoms. The molecular formula is C19H21FN2O3S. The second-order valence-corrected chi connectivity index (χ2v) is 8.05. The number of carbonyl (C=O) groups is 1. The number of hydrogen-bond donors (Lipinski definition) is 1. The van der Waals surface area contributed by atoms with E-state index in [1.165, 1.54) is 13.8 Å². The predicted octanol–water partition coefficient (Wildman–Crippen LogP) is 4.56. The second kappa shape index (κ2) is 7.07. The molecule has 1 N–H and O–H groups in total. The Morgan fingerprint density at radius 1 is 1.38 bits per heavy atom. The standard InChI is InChI=1S/C19H21FN2O3S/c1-11-17(18(23)22-10-19(3,4)20)15-7-13(5-6-16(15)25-11)24-9-14-8-21-12(2)26-14/h5-8H,9-10H2,1-4H3,(H,22,23). The number of furan rings is 1. The highest BCUT2D eigenvalue weighted by molar-refractivity contribution is 7.11. The van der Waals surface area contributed by atoms with E-state index in [9.17, 15) is 9.18 Å². The van der Waals surface area contributed by atoms with E-state index in [2.05, 4.69) is 10.3 Å². The van der Waals surface area contributed by atoms with E-state index in [1.54, 1.807) is 42.7 Å². The summed E-state index contributed by atoms with van der Waals surface area (Å²) in [5, 5.41) is 4.25. The number of rotatable bonds is 6. The molecule has 0 aliphatic carbocycles. The Bertz CT molecular complexity index is 940. The van der Waals surface area contributed by atoms with Crippen LogP contribution < -0.4 is 10.1 Å². The summed E-state index contributed by atoms with van der Waals surface area (Å²) >= 11 is 1.58. The van der Waals surface area contributed by atoms with Gasteiger partial charge >= 0.3 is 0 Å². The second-order valence-electron chi connectivity index (χ2n) is 6.73. The van der Waals surface area contributed by atoms with Crippen LogP contribution in [0.2, 0.25) is 0 Å². The minimum Gasteiger partial charge on any atom is -0.488 e. The molecule has 0 spiro atoms. The van der Waals surface area contributed by atoms with Crippen LogP contribution in [0.4, 0.5) is 4.39 Å². The number of fused-ring (bicyclic) bond motifs is 1. The molecular weight excluding hydrogens is 355 g/mol. The lowest BCUT2D eigenvalue weighted by atomic mass is 10.1. The van der Waals surface area contributed by atoms with Crippen molar-refractivity contribution in [1.29, 1.82) is 0 Å². The lowest BCUT2D eigenvalue weighted by Crippen LogP contribution is -2.35. The zero-order chi connectivity index (χ0) is 18.9. The summed E-state index contributed by atoms with van der Waals surface area (Å²) in [6.07, 6.45) is 1.79. The van der Waals surface area contributed by atoms with Gasteiger partial charge in [-0.05, 0) is 45.9 Å². The first-order chi connectivity index (χ1) is 12.2. The van der Waals surface area contributed by atoms with E-state index in [1.807, 2.05) is 6.92 Å². The SMILES string of the molecule is Cc1ncc(COc2ccc3oc(C)c(C(=O)NCC(C)(C)F)c3c2)s1. The third-order valence-electron chi connectivity index (χ3n) is 3.78. The fraction of sp³-hybridized carbons (Fsp3) is 0.368. The van der Waals surface area contributed by atoms with E-state index in [0.717, 1.165) is 9.88 Å². The van der Waals surface area contributed by atoms with Crippen LogP contribution in [0.5, 0.6) is 5.75 Å². The lowest BCUT2D eigenvalue weighted by Gasteiger charge is -2.14. The van der Waals surface area contributed by atoms with Gasteiger partial charge in [-0.1, -0.05) is 0 Å². The van der Waals surface area contributed by atoms with Gasteiger partial charge in [0.25, 0.3) is 5.91 Å². The van der Waals surface area contributed by atoms with Crippen molar-refractivity contribution in [2.24, 2.45) is 0 Å². The molecule has 0 bridgehead atoms. The zero-order valence-electron chi connectivity index (χ0n) is 15.2. The number of aromatic nitrogens is 1. The summed E-state index contributed by atoms with van der Waals surface area (Å²) in [6, 6.07) is 5.34. The van der Waals surface area contributed by atoms with E-state index in [4.69, 9.17) is 9.15 Å². The van der Waals surface area contributed by atoms with Crippen LogP contribution in [-0.2, 0) is 6.61 Å². The Morgan fingerprint density at radius 2 is 2.15 bits per heavy atom. The lowest BCUT2D eigenvalue weighted by molar-refractivity contribution is 0.0920. The van der Waals surface area contributed by atoms with Crippen LogP contribution in [0, 0.1) is 13.8 Å². The van der Waals surface area contributed by atoms with Crippen LogP contribution in [0.3, 0.4) is 0 Å². The third-order valence-corrected chi connectivity index (χ3v) is 4.67. The maximum atomic E-state index is 13.7. The van der Waals surface area contributed by atoms with Crippen molar-refractivity contribution in [3.8, 4) is 5.75 Å². The fourth-order valence-electron chi connectivity index (χ4n) is 2.58. The molecule has 0 saturated heterocycles. The largest absolute Gasteiger partial charge is 0.488 e. The Labute approximate surface area is 155 Å². The monoisotopic (exact) mass is 376 g/mol. The van der Waals surface area contributed by atoms with Crippen LogP contribution in [0.1, 0.15) is 39.9 Å². The molecule has 0 unspecified atom stereocenters. The highest BCUT2D eigenvalue weighted by Crippen LogP contribution is 2.29. The molecule has 3 aromatic rings. The van der Waals surface area contributed by atoms with Crippen LogP contribution >= 0.6 is 11.3 Å². The number of amides is 1. The summed E-state index contributed by atoms with van der Waals surface area (Å²) in [6.45, 7) is 6.83. The van der Waals surface area contributed by atoms with E-state index >= 15 is 0 Å². The molecule has 0 aliphatic heterocycles. The highest BCUT2D eigenvalue weighted by atomic mass is 32.1. The Balaban J connectivity index is 1.82. The molecule has 1 amide bonds. The number of aryl methyl sites for hydroxylation is 2. The van der Waals surface area contributed by atoms with Gasteiger partial charge in [-0.15, -0.1) is 11.3 Å². The number of halogens is 1. The third kappa shape index (κ3) is 4.22. The quantitative estimate of drug-likeness (QED) is 0.685. The van der Waals surface area contributed by atoms with Crippen LogP contribution in [0.15, 0.2) is 28.8 Å². The molecule has 0 saturated carbocycles. The van der Waals surface area contributed by atoms with Gasteiger partial charge in [0.1, 0.15) is 29.4 Å². The summed E-state index contributed by atoms with van der Waals surface area (Å²) in [7, 11) is 0. The molecule has 2 aromatic heterocycles. The van der Waals surface area contributed by atoms with Crippen molar-refractivity contribution in [1.82, 2.24) is 10.3 Å². The number of nitrogens with one attached hydrogen (secondary N) is 1. The summed E-state index contributed by atoms with van der Waals surface area (Å²) in [5.74, 6) is 0.760. The summed E-state index contributed by atoms with van der Waals surface area (Å²) in [5.41, 5.74) is -0.485. The Morgan fingerprint density at radius 3 is 2.81 bits per heavy atom. The topological polar surface area (TPSA) is 64.4 Å². The first kappa shape index (κ1) is 18.4. The number of thiazole rings is 1. The van der Waals surface area contributed by atoms with Crippen molar-refractivity contribution in [3.63, 3.8) is 0 Å². The van der Waals surface area contributed by atoms with Gasteiger partial charge in [0.05, 0.1) is 22.0 Å². The summed E-state index contributed by atoms with van der Waals surface area (Å²) in [4.78, 5) is 17.7. The number of ether oxygens (including phenoxy) is 1. The summed E-state index contributed by atoms with van der Waals surface area (Å²) < 4.78 is 25.1. The number of hydrogen-bond acceptors (Lipinski definition) is 5. The molecule has 2 heterocycles. The van der Waals surface area contributed by atoms with Gasteiger partial charge in [-0.2, -0.15) is 0 Å². The number of nitrogens with zero attached hydrogens (tertiary/aromatic N) is 1. The zero-order valence-corrected chi connectivity index (χ0v) is 16.0. The van der Waals surface area contributed by atoms with Gasteiger partial charge in [-0.3, -0.25) is 4.79 Å². The Hall–Kier alpha value is -2.41. The molecule has 0 atom stereocenters. The van der Waals surface area contributed by atoms with Gasteiger partial charge in [0.15, 0.2) is 0 Å². The number of benzene rings is 1. The predicted molar refractivity (Wildman–Crippen MR) is 99.7 cm³/mol. The van der Waals surface area contributed by atoms with Gasteiger partial charge in [0.2, 0.25) is 0 Å². The van der Waals surface area contributed by atoms with Crippen molar-refractivity contribution in [3.05, 3.63) is 45.6 Å². The average Bonchev–Trinajstić information content (AvgIpc) is 3.12. The normalized spacial score (nSPS) is 11.7. The van der Waals surface area contributed by atoms with Gasteiger partial charge in [0, 0.05) is 11.6 Å². The number of carbonyl (C=O) groups excluding carboxylic acids is 1.